The van der Waals surface area contributed by atoms with Crippen molar-refractivity contribution >= 4 is 10.0 Å². The molecule has 0 aliphatic rings. The molecule has 0 bridgehead atoms. The lowest BCUT2D eigenvalue weighted by molar-refractivity contribution is 0.505. The summed E-state index contributed by atoms with van der Waals surface area (Å²) >= 11 is 0. The maximum Gasteiger partial charge on any atom is 0.216 e. The molecule has 0 spiro atoms. The normalized spacial score (nSPS) is 15.3. The second-order valence-corrected chi connectivity index (χ2v) is 7.60. The molecular formula is C11H25NO2S. The lowest BCUT2D eigenvalue weighted by Crippen LogP contribution is -2.43. The molecule has 1 N–H and O–H groups in total. The quantitative estimate of drug-likeness (QED) is 0.719. The van der Waals surface area contributed by atoms with Gasteiger partial charge in [0.1, 0.15) is 0 Å². The van der Waals surface area contributed by atoms with E-state index in [4.69, 9.17) is 0 Å². The Labute approximate surface area is 94.7 Å². The van der Waals surface area contributed by atoms with E-state index in [0.29, 0.717) is 0 Å². The zero-order valence-corrected chi connectivity index (χ0v) is 11.4. The summed E-state index contributed by atoms with van der Waals surface area (Å²) < 4.78 is 25.6. The second-order valence-electron chi connectivity index (χ2n) is 5.13. The number of unbranched alkanes of at least 4 members (excludes halogenated alkanes) is 2. The van der Waals surface area contributed by atoms with E-state index < -0.39 is 14.8 Å². The number of rotatable bonds is 6. The summed E-state index contributed by atoms with van der Waals surface area (Å²) in [6, 6.07) is 0.0424. The number of sulfonamides is 1. The Morgan fingerprint density at radius 1 is 1.20 bits per heavy atom. The van der Waals surface area contributed by atoms with Crippen molar-refractivity contribution in [2.24, 2.45) is 0 Å². The summed E-state index contributed by atoms with van der Waals surface area (Å²) in [4.78, 5) is 0. The van der Waals surface area contributed by atoms with Gasteiger partial charge in [-0.25, -0.2) is 13.1 Å². The SMILES string of the molecule is CCCCC[C@H](C)NS(=O)(=O)C(C)(C)C. The number of hydrogen-bond acceptors (Lipinski definition) is 2. The van der Waals surface area contributed by atoms with Gasteiger partial charge in [-0.3, -0.25) is 0 Å². The molecule has 0 aromatic heterocycles. The molecule has 0 radical (unpaired) electrons. The van der Waals surface area contributed by atoms with Crippen molar-refractivity contribution in [2.75, 3.05) is 0 Å². The minimum absolute atomic E-state index is 0.0424. The summed E-state index contributed by atoms with van der Waals surface area (Å²) in [6.45, 7) is 9.22. The van der Waals surface area contributed by atoms with E-state index in [0.717, 1.165) is 12.8 Å². The van der Waals surface area contributed by atoms with Crippen LogP contribution in [0.2, 0.25) is 0 Å². The van der Waals surface area contributed by atoms with Crippen LogP contribution in [0.4, 0.5) is 0 Å². The van der Waals surface area contributed by atoms with Crippen LogP contribution in [0.15, 0.2) is 0 Å². The summed E-state index contributed by atoms with van der Waals surface area (Å²) in [6.07, 6.45) is 4.34. The fourth-order valence-corrected chi connectivity index (χ4v) is 2.20. The average Bonchev–Trinajstić information content (AvgIpc) is 2.01. The molecule has 4 heteroatoms. The molecule has 92 valence electrons. The maximum absolute atomic E-state index is 11.8. The van der Waals surface area contributed by atoms with Crippen LogP contribution >= 0.6 is 0 Å². The van der Waals surface area contributed by atoms with Crippen molar-refractivity contribution in [1.29, 1.82) is 0 Å². The number of nitrogens with one attached hydrogen (secondary N) is 1. The van der Waals surface area contributed by atoms with Crippen molar-refractivity contribution in [1.82, 2.24) is 4.72 Å². The van der Waals surface area contributed by atoms with Crippen molar-refractivity contribution in [3.63, 3.8) is 0 Å². The molecule has 0 aromatic rings. The lowest BCUT2D eigenvalue weighted by atomic mass is 10.1. The van der Waals surface area contributed by atoms with Gasteiger partial charge in [0.15, 0.2) is 0 Å². The molecular weight excluding hydrogens is 210 g/mol. The minimum Gasteiger partial charge on any atom is -0.212 e. The van der Waals surface area contributed by atoms with Crippen LogP contribution in [0, 0.1) is 0 Å². The van der Waals surface area contributed by atoms with Gasteiger partial charge in [0.05, 0.1) is 4.75 Å². The third-order valence-electron chi connectivity index (χ3n) is 2.40. The minimum atomic E-state index is -3.18. The first-order valence-electron chi connectivity index (χ1n) is 5.72. The lowest BCUT2D eigenvalue weighted by Gasteiger charge is -2.23. The first kappa shape index (κ1) is 14.9. The fraction of sp³-hybridized carbons (Fsp3) is 1.00. The van der Waals surface area contributed by atoms with Gasteiger partial charge < -0.3 is 0 Å². The van der Waals surface area contributed by atoms with E-state index in [1.54, 1.807) is 20.8 Å². The molecule has 1 atom stereocenters. The fourth-order valence-electron chi connectivity index (χ4n) is 1.20. The first-order valence-corrected chi connectivity index (χ1v) is 7.21. The van der Waals surface area contributed by atoms with Crippen LogP contribution in [0.5, 0.6) is 0 Å². The van der Waals surface area contributed by atoms with E-state index in [1.807, 2.05) is 6.92 Å². The molecule has 0 fully saturated rings. The van der Waals surface area contributed by atoms with Crippen LogP contribution in [0.25, 0.3) is 0 Å². The second kappa shape index (κ2) is 5.85. The van der Waals surface area contributed by atoms with Gasteiger partial charge in [0.2, 0.25) is 10.0 Å². The zero-order valence-electron chi connectivity index (χ0n) is 10.6. The smallest absolute Gasteiger partial charge is 0.212 e. The highest BCUT2D eigenvalue weighted by Crippen LogP contribution is 2.15. The highest BCUT2D eigenvalue weighted by molar-refractivity contribution is 7.90. The van der Waals surface area contributed by atoms with E-state index >= 15 is 0 Å². The van der Waals surface area contributed by atoms with E-state index in [2.05, 4.69) is 11.6 Å². The Bertz CT molecular complexity index is 265. The molecule has 0 unspecified atom stereocenters. The third kappa shape index (κ3) is 5.52. The van der Waals surface area contributed by atoms with E-state index in [9.17, 15) is 8.42 Å². The van der Waals surface area contributed by atoms with Gasteiger partial charge in [0.25, 0.3) is 0 Å². The number of hydrogen-bond donors (Lipinski definition) is 1. The Balaban J connectivity index is 4.12. The molecule has 0 aliphatic carbocycles. The topological polar surface area (TPSA) is 46.2 Å². The molecule has 0 saturated heterocycles. The van der Waals surface area contributed by atoms with Gasteiger partial charge in [-0.05, 0) is 34.1 Å². The van der Waals surface area contributed by atoms with Crippen LogP contribution in [0.3, 0.4) is 0 Å². The molecule has 0 heterocycles. The van der Waals surface area contributed by atoms with Gasteiger partial charge >= 0.3 is 0 Å². The molecule has 3 nitrogen and oxygen atoms in total. The molecule has 0 rings (SSSR count). The van der Waals surface area contributed by atoms with Crippen LogP contribution in [-0.4, -0.2) is 19.2 Å². The molecule has 0 saturated carbocycles. The Hall–Kier alpha value is -0.0900. The van der Waals surface area contributed by atoms with Crippen molar-refractivity contribution in [3.8, 4) is 0 Å². The Morgan fingerprint density at radius 2 is 1.73 bits per heavy atom. The predicted molar refractivity (Wildman–Crippen MR) is 65.4 cm³/mol. The van der Waals surface area contributed by atoms with E-state index in [-0.39, 0.29) is 6.04 Å². The summed E-state index contributed by atoms with van der Waals surface area (Å²) in [7, 11) is -3.18. The summed E-state index contributed by atoms with van der Waals surface area (Å²) in [5, 5.41) is 0. The molecule has 15 heavy (non-hydrogen) atoms. The Kier molecular flexibility index (Phi) is 5.81. The molecule has 0 aromatic carbocycles. The van der Waals surface area contributed by atoms with Gasteiger partial charge in [-0.2, -0.15) is 0 Å². The van der Waals surface area contributed by atoms with Crippen LogP contribution in [0.1, 0.15) is 60.3 Å². The van der Waals surface area contributed by atoms with Crippen molar-refractivity contribution < 1.29 is 8.42 Å². The summed E-state index contributed by atoms with van der Waals surface area (Å²) in [5.74, 6) is 0. The highest BCUT2D eigenvalue weighted by atomic mass is 32.2. The Morgan fingerprint density at radius 3 is 2.13 bits per heavy atom. The van der Waals surface area contributed by atoms with Gasteiger partial charge in [-0.1, -0.05) is 26.2 Å². The highest BCUT2D eigenvalue weighted by Gasteiger charge is 2.29. The predicted octanol–water partition coefficient (Wildman–Crippen LogP) is 2.67. The third-order valence-corrected chi connectivity index (χ3v) is 4.73. The average molecular weight is 235 g/mol. The molecule has 0 amide bonds. The monoisotopic (exact) mass is 235 g/mol. The van der Waals surface area contributed by atoms with Crippen molar-refractivity contribution in [3.05, 3.63) is 0 Å². The standard InChI is InChI=1S/C11H25NO2S/c1-6-7-8-9-10(2)12-15(13,14)11(3,4)5/h10,12H,6-9H2,1-5H3/t10-/m0/s1. The molecule has 0 aliphatic heterocycles. The first-order chi connectivity index (χ1) is 6.70. The van der Waals surface area contributed by atoms with Gasteiger partial charge in [0, 0.05) is 6.04 Å². The van der Waals surface area contributed by atoms with Gasteiger partial charge in [-0.15, -0.1) is 0 Å². The van der Waals surface area contributed by atoms with Crippen LogP contribution in [-0.2, 0) is 10.0 Å². The largest absolute Gasteiger partial charge is 0.216 e. The maximum atomic E-state index is 11.8. The summed E-state index contributed by atoms with van der Waals surface area (Å²) in [5.41, 5.74) is 0. The van der Waals surface area contributed by atoms with Crippen molar-refractivity contribution in [2.45, 2.75) is 71.1 Å². The zero-order chi connectivity index (χ0) is 12.1. The van der Waals surface area contributed by atoms with Crippen LogP contribution < -0.4 is 4.72 Å². The van der Waals surface area contributed by atoms with E-state index in [1.165, 1.54) is 12.8 Å².